The van der Waals surface area contributed by atoms with E-state index in [9.17, 15) is 18.0 Å². The molecule has 1 aromatic heterocycles. The lowest BCUT2D eigenvalue weighted by molar-refractivity contribution is -0.137. The highest BCUT2D eigenvalue weighted by Gasteiger charge is 2.30. The van der Waals surface area contributed by atoms with Crippen LogP contribution in [0.3, 0.4) is 0 Å². The van der Waals surface area contributed by atoms with E-state index in [4.69, 9.17) is 5.11 Å². The fourth-order valence-corrected chi connectivity index (χ4v) is 3.77. The third-order valence-electron chi connectivity index (χ3n) is 3.60. The summed E-state index contributed by atoms with van der Waals surface area (Å²) >= 11 is 0. The lowest BCUT2D eigenvalue weighted by atomic mass is 10.1. The van der Waals surface area contributed by atoms with Gasteiger partial charge >= 0.3 is 5.97 Å². The first kappa shape index (κ1) is 16.9. The number of anilines is 1. The van der Waals surface area contributed by atoms with Gasteiger partial charge in [-0.3, -0.25) is 9.59 Å². The van der Waals surface area contributed by atoms with Crippen LogP contribution in [0.25, 0.3) is 5.69 Å². The van der Waals surface area contributed by atoms with Crippen molar-refractivity contribution in [2.75, 3.05) is 17.8 Å². The van der Waals surface area contributed by atoms with Gasteiger partial charge in [-0.05, 0) is 24.6 Å². The Hall–Kier alpha value is -2.95. The molecule has 1 amide bonds. The van der Waals surface area contributed by atoms with Gasteiger partial charge in [0.2, 0.25) is 5.95 Å². The zero-order valence-corrected chi connectivity index (χ0v) is 14.0. The molecule has 0 spiro atoms. The average molecular weight is 365 g/mol. The standard InChI is InChI=1S/C14H15N5O5S/c1-2-5-18(7-12(20)21)13(22)9-3-4-10-11(6-9)25(23,24)17-14-15-8-16-19(10)14/h3-4,6,8H,2,5,7H2,1H3,(H,20,21)(H,15,16,17). The number of aliphatic carboxylic acids is 1. The van der Waals surface area contributed by atoms with E-state index in [0.29, 0.717) is 6.42 Å². The van der Waals surface area contributed by atoms with Crippen molar-refractivity contribution in [2.45, 2.75) is 18.2 Å². The largest absolute Gasteiger partial charge is 0.480 e. The van der Waals surface area contributed by atoms with Crippen molar-refractivity contribution in [3.8, 4) is 5.69 Å². The lowest BCUT2D eigenvalue weighted by Gasteiger charge is -2.22. The van der Waals surface area contributed by atoms with E-state index in [1.807, 2.05) is 6.92 Å². The first-order chi connectivity index (χ1) is 11.8. The van der Waals surface area contributed by atoms with Crippen molar-refractivity contribution in [2.24, 2.45) is 0 Å². The minimum atomic E-state index is -3.90. The van der Waals surface area contributed by atoms with Gasteiger partial charge in [0, 0.05) is 12.1 Å². The Labute approximate surface area is 143 Å². The van der Waals surface area contributed by atoms with E-state index >= 15 is 0 Å². The molecule has 0 unspecified atom stereocenters. The fourth-order valence-electron chi connectivity index (χ4n) is 2.57. The number of nitrogens with zero attached hydrogens (tertiary/aromatic N) is 4. The van der Waals surface area contributed by atoms with Crippen LogP contribution in [0.4, 0.5) is 5.95 Å². The molecular formula is C14H15N5O5S. The highest BCUT2D eigenvalue weighted by atomic mass is 32.2. The number of nitrogens with one attached hydrogen (secondary N) is 1. The van der Waals surface area contributed by atoms with Crippen LogP contribution in [0, 0.1) is 0 Å². The Bertz CT molecular complexity index is 952. The molecule has 0 atom stereocenters. The Kier molecular flexibility index (Phi) is 4.17. The molecule has 2 N–H and O–H groups in total. The molecule has 0 saturated heterocycles. The molecule has 2 heterocycles. The van der Waals surface area contributed by atoms with Gasteiger partial charge in [0.25, 0.3) is 15.9 Å². The minimum absolute atomic E-state index is 0.0602. The van der Waals surface area contributed by atoms with Crippen molar-refractivity contribution in [1.82, 2.24) is 19.7 Å². The van der Waals surface area contributed by atoms with E-state index in [0.717, 1.165) is 4.90 Å². The van der Waals surface area contributed by atoms with Crippen LogP contribution in [-0.4, -0.2) is 58.2 Å². The minimum Gasteiger partial charge on any atom is -0.480 e. The number of fused-ring (bicyclic) bond motifs is 3. The van der Waals surface area contributed by atoms with Crippen molar-refractivity contribution < 1.29 is 23.1 Å². The summed E-state index contributed by atoms with van der Waals surface area (Å²) in [5, 5.41) is 12.9. The first-order valence-electron chi connectivity index (χ1n) is 7.42. The maximum atomic E-state index is 12.6. The maximum Gasteiger partial charge on any atom is 0.323 e. The van der Waals surface area contributed by atoms with Crippen LogP contribution >= 0.6 is 0 Å². The van der Waals surface area contributed by atoms with E-state index in [1.165, 1.54) is 29.2 Å². The van der Waals surface area contributed by atoms with Crippen LogP contribution in [0.1, 0.15) is 23.7 Å². The summed E-state index contributed by atoms with van der Waals surface area (Å²) in [5.74, 6) is -1.63. The number of rotatable bonds is 5. The Morgan fingerprint density at radius 2 is 2.12 bits per heavy atom. The molecule has 11 heteroatoms. The number of carbonyl (C=O) groups excluding carboxylic acids is 1. The van der Waals surface area contributed by atoms with Crippen molar-refractivity contribution >= 4 is 27.8 Å². The molecule has 2 aromatic rings. The second-order valence-corrected chi connectivity index (χ2v) is 7.05. The predicted octanol–water partition coefficient (Wildman–Crippen LogP) is 0.318. The lowest BCUT2D eigenvalue weighted by Crippen LogP contribution is -2.36. The van der Waals surface area contributed by atoms with Gasteiger partial charge in [0.15, 0.2) is 0 Å². The van der Waals surface area contributed by atoms with Gasteiger partial charge in [-0.2, -0.15) is 14.8 Å². The molecule has 0 radical (unpaired) electrons. The number of carbonyl (C=O) groups is 2. The number of sulfonamides is 1. The van der Waals surface area contributed by atoms with Gasteiger partial charge in [0.1, 0.15) is 17.8 Å². The topological polar surface area (TPSA) is 134 Å². The molecule has 10 nitrogen and oxygen atoms in total. The molecule has 0 fully saturated rings. The van der Waals surface area contributed by atoms with Crippen molar-refractivity contribution in [3.63, 3.8) is 0 Å². The quantitative estimate of drug-likeness (QED) is 0.779. The fraction of sp³-hybridized carbons (Fsp3) is 0.286. The predicted molar refractivity (Wildman–Crippen MR) is 86.0 cm³/mol. The molecule has 1 aromatic carbocycles. The second kappa shape index (κ2) is 6.16. The van der Waals surface area contributed by atoms with Crippen LogP contribution < -0.4 is 4.72 Å². The van der Waals surface area contributed by atoms with Crippen LogP contribution in [-0.2, 0) is 14.8 Å². The molecule has 132 valence electrons. The molecule has 3 rings (SSSR count). The Morgan fingerprint density at radius 3 is 2.80 bits per heavy atom. The highest BCUT2D eigenvalue weighted by molar-refractivity contribution is 7.93. The van der Waals surface area contributed by atoms with Crippen molar-refractivity contribution in [1.29, 1.82) is 0 Å². The maximum absolute atomic E-state index is 12.6. The summed E-state index contributed by atoms with van der Waals surface area (Å²) in [7, 11) is -3.90. The Balaban J connectivity index is 2.04. The van der Waals surface area contributed by atoms with Gasteiger partial charge < -0.3 is 10.0 Å². The zero-order valence-electron chi connectivity index (χ0n) is 13.2. The van der Waals surface area contributed by atoms with E-state index < -0.39 is 28.4 Å². The number of benzene rings is 1. The van der Waals surface area contributed by atoms with E-state index in [1.54, 1.807) is 0 Å². The number of amides is 1. The molecule has 1 aliphatic rings. The van der Waals surface area contributed by atoms with Gasteiger partial charge in [-0.1, -0.05) is 6.92 Å². The summed E-state index contributed by atoms with van der Waals surface area (Å²) in [6.07, 6.45) is 1.79. The summed E-state index contributed by atoms with van der Waals surface area (Å²) < 4.78 is 28.3. The third kappa shape index (κ3) is 3.05. The normalized spacial score (nSPS) is 14.1. The number of hydrogen-bond donors (Lipinski definition) is 2. The SMILES string of the molecule is CCCN(CC(=O)O)C(=O)c1ccc2c(c1)S(=O)(=O)Nc1ncnn1-2. The average Bonchev–Trinajstić information content (AvgIpc) is 3.00. The Morgan fingerprint density at radius 1 is 1.36 bits per heavy atom. The van der Waals surface area contributed by atoms with Crippen LogP contribution in [0.2, 0.25) is 0 Å². The van der Waals surface area contributed by atoms with Gasteiger partial charge in [-0.15, -0.1) is 0 Å². The van der Waals surface area contributed by atoms with Gasteiger partial charge in [0.05, 0.1) is 5.69 Å². The highest BCUT2D eigenvalue weighted by Crippen LogP contribution is 2.29. The van der Waals surface area contributed by atoms with E-state index in [2.05, 4.69) is 14.8 Å². The summed E-state index contributed by atoms with van der Waals surface area (Å²) in [6.45, 7) is 1.61. The molecule has 0 bridgehead atoms. The third-order valence-corrected chi connectivity index (χ3v) is 4.96. The number of hydrogen-bond acceptors (Lipinski definition) is 6. The molecule has 0 saturated carbocycles. The summed E-state index contributed by atoms with van der Waals surface area (Å²) in [6, 6.07) is 4.11. The molecule has 25 heavy (non-hydrogen) atoms. The zero-order chi connectivity index (χ0) is 18.2. The second-order valence-electron chi connectivity index (χ2n) is 5.40. The number of carboxylic acid groups (broad SMARTS) is 1. The molecule has 1 aliphatic heterocycles. The number of aromatic nitrogens is 3. The van der Waals surface area contributed by atoms with Crippen LogP contribution in [0.15, 0.2) is 29.4 Å². The van der Waals surface area contributed by atoms with Crippen LogP contribution in [0.5, 0.6) is 0 Å². The number of carboxylic acids is 1. The molecular weight excluding hydrogens is 350 g/mol. The summed E-state index contributed by atoms with van der Waals surface area (Å²) in [5.41, 5.74) is 0.352. The summed E-state index contributed by atoms with van der Waals surface area (Å²) in [4.78, 5) is 28.4. The van der Waals surface area contributed by atoms with E-state index in [-0.39, 0.29) is 28.6 Å². The van der Waals surface area contributed by atoms with Crippen molar-refractivity contribution in [3.05, 3.63) is 30.1 Å². The molecule has 0 aliphatic carbocycles. The monoisotopic (exact) mass is 365 g/mol. The first-order valence-corrected chi connectivity index (χ1v) is 8.90. The smallest absolute Gasteiger partial charge is 0.323 e. The van der Waals surface area contributed by atoms with Gasteiger partial charge in [-0.25, -0.2) is 13.1 Å².